The van der Waals surface area contributed by atoms with Gasteiger partial charge in [-0.05, 0) is 6.07 Å². The maximum absolute atomic E-state index is 10.4. The van der Waals surface area contributed by atoms with Gasteiger partial charge in [0.05, 0.1) is 6.07 Å². The van der Waals surface area contributed by atoms with Crippen molar-refractivity contribution in [1.29, 1.82) is 10.7 Å². The maximum Gasteiger partial charge on any atom is 0.433 e. The van der Waals surface area contributed by atoms with Crippen LogP contribution >= 0.6 is 0 Å². The lowest BCUT2D eigenvalue weighted by molar-refractivity contribution is -0.402. The number of hydrogen-bond donors (Lipinski definition) is 1. The van der Waals surface area contributed by atoms with Crippen molar-refractivity contribution in [3.63, 3.8) is 0 Å². The van der Waals surface area contributed by atoms with Gasteiger partial charge in [-0.25, -0.2) is 9.98 Å². The second-order valence-corrected chi connectivity index (χ2v) is 3.05. The first kappa shape index (κ1) is 10.7. The van der Waals surface area contributed by atoms with E-state index < -0.39 is 17.0 Å². The lowest BCUT2D eigenvalue weighted by Gasteiger charge is -1.96. The number of nitriles is 1. The van der Waals surface area contributed by atoms with E-state index in [2.05, 4.69) is 9.98 Å². The van der Waals surface area contributed by atoms with Crippen molar-refractivity contribution >= 4 is 23.5 Å². The molecular formula is C9H5N5O3. The lowest BCUT2D eigenvalue weighted by Crippen LogP contribution is -2.08. The topological polar surface area (TPSA) is 129 Å². The summed E-state index contributed by atoms with van der Waals surface area (Å²) in [5, 5.41) is 26.2. The largest absolute Gasteiger partial charge is 0.433 e. The highest BCUT2D eigenvalue weighted by Gasteiger charge is 2.25. The van der Waals surface area contributed by atoms with Crippen molar-refractivity contribution in [3.05, 3.63) is 28.0 Å². The van der Waals surface area contributed by atoms with Gasteiger partial charge in [-0.15, -0.1) is 0 Å². The molecule has 1 unspecified atom stereocenters. The highest BCUT2D eigenvalue weighted by Crippen LogP contribution is 2.28. The summed E-state index contributed by atoms with van der Waals surface area (Å²) in [6, 6.07) is 4.35. The summed E-state index contributed by atoms with van der Waals surface area (Å²) in [6.07, 6.45) is 0.0781. The number of furan rings is 1. The van der Waals surface area contributed by atoms with Gasteiger partial charge in [0, 0.05) is 6.21 Å². The summed E-state index contributed by atoms with van der Waals surface area (Å²) >= 11 is 0. The first-order chi connectivity index (χ1) is 8.15. The molecule has 1 aromatic heterocycles. The summed E-state index contributed by atoms with van der Waals surface area (Å²) in [6.45, 7) is 0. The zero-order chi connectivity index (χ0) is 12.4. The molecule has 8 heteroatoms. The minimum Gasteiger partial charge on any atom is -0.401 e. The van der Waals surface area contributed by atoms with Gasteiger partial charge >= 0.3 is 5.88 Å². The standard InChI is InChI=1S/C9H5N5O3/c10-3-5-6(4-11)13-9(12-5)7-1-2-8(17-7)14(15)16/h1-3,9-10H. The Morgan fingerprint density at radius 1 is 1.59 bits per heavy atom. The van der Waals surface area contributed by atoms with E-state index in [1.165, 1.54) is 12.1 Å². The number of nitrogens with zero attached hydrogens (tertiary/aromatic N) is 4. The second-order valence-electron chi connectivity index (χ2n) is 3.05. The zero-order valence-corrected chi connectivity index (χ0v) is 8.32. The molecule has 0 fully saturated rings. The number of rotatable bonds is 3. The Bertz CT molecular complexity index is 592. The molecule has 0 radical (unpaired) electrons. The van der Waals surface area contributed by atoms with Gasteiger partial charge in [0.2, 0.25) is 0 Å². The molecule has 0 amide bonds. The van der Waals surface area contributed by atoms with Gasteiger partial charge in [-0.2, -0.15) is 5.26 Å². The molecule has 84 valence electrons. The van der Waals surface area contributed by atoms with E-state index in [9.17, 15) is 10.1 Å². The van der Waals surface area contributed by atoms with Crippen molar-refractivity contribution in [1.82, 2.24) is 0 Å². The van der Waals surface area contributed by atoms with Crippen LogP contribution in [-0.4, -0.2) is 22.6 Å². The molecule has 0 saturated carbocycles. The minimum absolute atomic E-state index is 0.0176. The van der Waals surface area contributed by atoms with Gasteiger partial charge < -0.3 is 9.83 Å². The van der Waals surface area contributed by atoms with Crippen molar-refractivity contribution in [2.24, 2.45) is 9.98 Å². The van der Waals surface area contributed by atoms with Crippen LogP contribution in [-0.2, 0) is 0 Å². The van der Waals surface area contributed by atoms with Crippen LogP contribution < -0.4 is 0 Å². The molecule has 2 heterocycles. The number of nitrogens with one attached hydrogen (secondary N) is 1. The molecule has 1 aromatic rings. The first-order valence-corrected chi connectivity index (χ1v) is 4.46. The molecule has 1 atom stereocenters. The van der Waals surface area contributed by atoms with E-state index in [1.54, 1.807) is 6.07 Å². The quantitative estimate of drug-likeness (QED) is 0.476. The molecule has 0 aromatic carbocycles. The minimum atomic E-state index is -0.824. The number of hydrogen-bond acceptors (Lipinski definition) is 7. The third-order valence-corrected chi connectivity index (χ3v) is 2.05. The van der Waals surface area contributed by atoms with Gasteiger partial charge in [0.25, 0.3) is 0 Å². The molecule has 0 saturated heterocycles. The number of nitro groups is 1. The highest BCUT2D eigenvalue weighted by atomic mass is 16.6. The summed E-state index contributed by atoms with van der Waals surface area (Å²) in [5.74, 6) is -0.242. The SMILES string of the molecule is N#CC1=NC(c2ccc([N+](=O)[O-])o2)N=C1C=N. The normalized spacial score (nSPS) is 18.2. The fraction of sp³-hybridized carbons (Fsp3) is 0.111. The lowest BCUT2D eigenvalue weighted by atomic mass is 10.3. The molecule has 1 aliphatic heterocycles. The average molecular weight is 231 g/mol. The van der Waals surface area contributed by atoms with Gasteiger partial charge in [0.15, 0.2) is 17.6 Å². The van der Waals surface area contributed by atoms with Crippen LogP contribution in [0.15, 0.2) is 26.5 Å². The molecular weight excluding hydrogens is 226 g/mol. The zero-order valence-electron chi connectivity index (χ0n) is 8.32. The molecule has 0 spiro atoms. The first-order valence-electron chi connectivity index (χ1n) is 4.46. The second kappa shape index (κ2) is 3.97. The molecule has 8 nitrogen and oxygen atoms in total. The summed E-state index contributed by atoms with van der Waals surface area (Å²) in [5.41, 5.74) is 0.153. The Labute approximate surface area is 94.6 Å². The predicted octanol–water partition coefficient (Wildman–Crippen LogP) is 1.26. The Balaban J connectivity index is 2.34. The third kappa shape index (κ3) is 1.81. The summed E-state index contributed by atoms with van der Waals surface area (Å²) in [4.78, 5) is 17.6. The van der Waals surface area contributed by atoms with Crippen molar-refractivity contribution in [3.8, 4) is 6.07 Å². The average Bonchev–Trinajstić information content (AvgIpc) is 2.94. The summed E-state index contributed by atoms with van der Waals surface area (Å²) < 4.78 is 4.92. The van der Waals surface area contributed by atoms with Crippen LogP contribution in [0.25, 0.3) is 0 Å². The van der Waals surface area contributed by atoms with Crippen LogP contribution in [0.3, 0.4) is 0 Å². The molecule has 1 N–H and O–H groups in total. The van der Waals surface area contributed by atoms with Gasteiger partial charge in [-0.3, -0.25) is 10.1 Å². The summed E-state index contributed by atoms with van der Waals surface area (Å²) in [7, 11) is 0. The Hall–Kier alpha value is -2.82. The van der Waals surface area contributed by atoms with Crippen LogP contribution in [0.4, 0.5) is 5.88 Å². The van der Waals surface area contributed by atoms with Crippen LogP contribution in [0.1, 0.15) is 11.9 Å². The van der Waals surface area contributed by atoms with E-state index in [-0.39, 0.29) is 17.2 Å². The molecule has 1 aliphatic rings. The van der Waals surface area contributed by atoms with Crippen molar-refractivity contribution in [2.75, 3.05) is 0 Å². The van der Waals surface area contributed by atoms with Gasteiger partial charge in [0.1, 0.15) is 16.7 Å². The molecule has 0 bridgehead atoms. The maximum atomic E-state index is 10.4. The Morgan fingerprint density at radius 3 is 2.82 bits per heavy atom. The van der Waals surface area contributed by atoms with Crippen LogP contribution in [0.2, 0.25) is 0 Å². The van der Waals surface area contributed by atoms with Crippen molar-refractivity contribution in [2.45, 2.75) is 6.17 Å². The van der Waals surface area contributed by atoms with Crippen molar-refractivity contribution < 1.29 is 9.34 Å². The molecule has 0 aliphatic carbocycles. The van der Waals surface area contributed by atoms with E-state index in [0.29, 0.717) is 0 Å². The van der Waals surface area contributed by atoms with E-state index in [1.807, 2.05) is 0 Å². The smallest absolute Gasteiger partial charge is 0.401 e. The van der Waals surface area contributed by atoms with Crippen LogP contribution in [0.5, 0.6) is 0 Å². The van der Waals surface area contributed by atoms with E-state index in [4.69, 9.17) is 15.1 Å². The highest BCUT2D eigenvalue weighted by molar-refractivity contribution is 6.66. The monoisotopic (exact) mass is 231 g/mol. The molecule has 17 heavy (non-hydrogen) atoms. The Morgan fingerprint density at radius 2 is 2.35 bits per heavy atom. The Kier molecular flexibility index (Phi) is 2.50. The fourth-order valence-electron chi connectivity index (χ4n) is 1.31. The van der Waals surface area contributed by atoms with E-state index >= 15 is 0 Å². The number of aliphatic imine (C=N–C) groups is 2. The van der Waals surface area contributed by atoms with Gasteiger partial charge in [-0.1, -0.05) is 0 Å². The molecule has 2 rings (SSSR count). The van der Waals surface area contributed by atoms with E-state index in [0.717, 1.165) is 6.21 Å². The third-order valence-electron chi connectivity index (χ3n) is 2.05. The van der Waals surface area contributed by atoms with Crippen LogP contribution in [0, 0.1) is 26.9 Å². The predicted molar refractivity (Wildman–Crippen MR) is 57.4 cm³/mol. The fourth-order valence-corrected chi connectivity index (χ4v) is 1.31.